The number of pyridine rings is 1. The molecule has 0 atom stereocenters. The lowest BCUT2D eigenvalue weighted by atomic mass is 10.3. The monoisotopic (exact) mass is 341 g/mol. The van der Waals surface area contributed by atoms with Gasteiger partial charge in [0.15, 0.2) is 11.3 Å². The van der Waals surface area contributed by atoms with E-state index in [0.29, 0.717) is 16.8 Å². The Morgan fingerprint density at radius 3 is 2.88 bits per heavy atom. The first-order valence-corrected chi connectivity index (χ1v) is 8.52. The second kappa shape index (κ2) is 7.48. The van der Waals surface area contributed by atoms with Crippen molar-refractivity contribution in [2.45, 2.75) is 27.3 Å². The summed E-state index contributed by atoms with van der Waals surface area (Å²) < 4.78 is 7.39. The average molecular weight is 341 g/mol. The van der Waals surface area contributed by atoms with Crippen LogP contribution in [0.2, 0.25) is 0 Å². The molecule has 132 valence electrons. The average Bonchev–Trinajstić information content (AvgIpc) is 3.22. The van der Waals surface area contributed by atoms with Crippen LogP contribution < -0.4 is 5.32 Å². The molecule has 3 aromatic heterocycles. The summed E-state index contributed by atoms with van der Waals surface area (Å²) in [7, 11) is 0. The summed E-state index contributed by atoms with van der Waals surface area (Å²) in [6.45, 7) is 9.92. The Hall–Kier alpha value is -2.67. The maximum atomic E-state index is 12.4. The number of nitrogens with zero attached hydrogens (tertiary/aromatic N) is 4. The molecule has 0 saturated carbocycles. The van der Waals surface area contributed by atoms with E-state index in [1.165, 1.54) is 0 Å². The molecule has 7 heteroatoms. The van der Waals surface area contributed by atoms with E-state index >= 15 is 0 Å². The Morgan fingerprint density at radius 1 is 1.32 bits per heavy atom. The molecule has 1 amide bonds. The molecule has 25 heavy (non-hydrogen) atoms. The molecule has 0 aliphatic rings. The van der Waals surface area contributed by atoms with Crippen LogP contribution >= 0.6 is 0 Å². The lowest BCUT2D eigenvalue weighted by Crippen LogP contribution is -2.27. The first-order chi connectivity index (χ1) is 12.1. The largest absolute Gasteiger partial charge is 0.449 e. The molecule has 0 radical (unpaired) electrons. The van der Waals surface area contributed by atoms with Crippen LogP contribution in [0.25, 0.3) is 11.1 Å². The number of fused-ring (bicyclic) bond motifs is 1. The molecule has 7 nitrogen and oxygen atoms in total. The predicted molar refractivity (Wildman–Crippen MR) is 96.7 cm³/mol. The van der Waals surface area contributed by atoms with Crippen molar-refractivity contribution in [1.82, 2.24) is 19.7 Å². The van der Waals surface area contributed by atoms with E-state index in [1.807, 2.05) is 29.9 Å². The first kappa shape index (κ1) is 17.2. The summed E-state index contributed by atoms with van der Waals surface area (Å²) in [4.78, 5) is 19.0. The van der Waals surface area contributed by atoms with E-state index < -0.39 is 0 Å². The fourth-order valence-electron chi connectivity index (χ4n) is 2.66. The van der Waals surface area contributed by atoms with Gasteiger partial charge in [0, 0.05) is 24.5 Å². The van der Waals surface area contributed by atoms with E-state index in [2.05, 4.69) is 34.1 Å². The zero-order valence-corrected chi connectivity index (χ0v) is 14.8. The first-order valence-electron chi connectivity index (χ1n) is 8.52. The number of likely N-dealkylation sites (N-methyl/N-ethyl adjacent to an activating group) is 1. The van der Waals surface area contributed by atoms with Gasteiger partial charge in [-0.2, -0.15) is 5.10 Å². The second-order valence-electron chi connectivity index (χ2n) is 5.92. The highest BCUT2D eigenvalue weighted by molar-refractivity contribution is 6.04. The minimum atomic E-state index is -0.307. The van der Waals surface area contributed by atoms with Gasteiger partial charge in [0.2, 0.25) is 0 Å². The summed E-state index contributed by atoms with van der Waals surface area (Å²) in [6, 6.07) is 5.33. The van der Waals surface area contributed by atoms with Crippen LogP contribution in [-0.2, 0) is 6.54 Å². The maximum Gasteiger partial charge on any atom is 0.291 e. The molecule has 3 aromatic rings. The highest BCUT2D eigenvalue weighted by Gasteiger charge is 2.14. The number of rotatable bonds is 7. The van der Waals surface area contributed by atoms with Crippen molar-refractivity contribution in [2.75, 3.05) is 25.0 Å². The quantitative estimate of drug-likeness (QED) is 0.715. The highest BCUT2D eigenvalue weighted by Crippen LogP contribution is 2.19. The number of hydrogen-bond donors (Lipinski definition) is 1. The molecular weight excluding hydrogens is 318 g/mol. The van der Waals surface area contributed by atoms with Gasteiger partial charge < -0.3 is 14.6 Å². The van der Waals surface area contributed by atoms with Crippen molar-refractivity contribution < 1.29 is 9.21 Å². The number of aromatic nitrogens is 3. The van der Waals surface area contributed by atoms with Crippen molar-refractivity contribution >= 4 is 22.7 Å². The molecule has 0 unspecified atom stereocenters. The molecule has 3 rings (SSSR count). The summed E-state index contributed by atoms with van der Waals surface area (Å²) in [6.07, 6.45) is 3.47. The standard InChI is InChI=1S/C18H23N5O2/c1-4-22(5-2)8-9-23-12-14(11-19-23)21-18(24)17-10-15-16(25-17)7-6-13(3)20-15/h6-7,10-12H,4-5,8-9H2,1-3H3,(H,21,24). The molecule has 0 aliphatic heterocycles. The highest BCUT2D eigenvalue weighted by atomic mass is 16.3. The van der Waals surface area contributed by atoms with E-state index in [-0.39, 0.29) is 11.7 Å². The minimum absolute atomic E-state index is 0.240. The Bertz CT molecular complexity index is 863. The lowest BCUT2D eigenvalue weighted by molar-refractivity contribution is 0.0998. The maximum absolute atomic E-state index is 12.4. The van der Waals surface area contributed by atoms with E-state index in [1.54, 1.807) is 12.3 Å². The summed E-state index contributed by atoms with van der Waals surface area (Å²) in [5.41, 5.74) is 2.81. The van der Waals surface area contributed by atoms with Gasteiger partial charge in [-0.15, -0.1) is 0 Å². The van der Waals surface area contributed by atoms with Gasteiger partial charge >= 0.3 is 0 Å². The third-order valence-corrected chi connectivity index (χ3v) is 4.17. The molecule has 0 aliphatic carbocycles. The number of anilines is 1. The SMILES string of the molecule is CCN(CC)CCn1cc(NC(=O)c2cc3nc(C)ccc3o2)cn1. The topological polar surface area (TPSA) is 76.2 Å². The van der Waals surface area contributed by atoms with Gasteiger partial charge in [0.25, 0.3) is 5.91 Å². The zero-order valence-electron chi connectivity index (χ0n) is 14.8. The fourth-order valence-corrected chi connectivity index (χ4v) is 2.66. The van der Waals surface area contributed by atoms with E-state index in [9.17, 15) is 4.79 Å². The lowest BCUT2D eigenvalue weighted by Gasteiger charge is -2.17. The summed E-state index contributed by atoms with van der Waals surface area (Å²) in [5, 5.41) is 7.10. The Kier molecular flexibility index (Phi) is 5.14. The van der Waals surface area contributed by atoms with Gasteiger partial charge in [-0.25, -0.2) is 4.98 Å². The predicted octanol–water partition coefficient (Wildman–Crippen LogP) is 2.93. The van der Waals surface area contributed by atoms with Crippen LogP contribution in [0.5, 0.6) is 0 Å². The van der Waals surface area contributed by atoms with Gasteiger partial charge in [-0.05, 0) is 32.1 Å². The number of nitrogens with one attached hydrogen (secondary N) is 1. The van der Waals surface area contributed by atoms with Gasteiger partial charge in [0.05, 0.1) is 18.4 Å². The molecular formula is C18H23N5O2. The van der Waals surface area contributed by atoms with Gasteiger partial charge in [-0.3, -0.25) is 9.48 Å². The summed E-state index contributed by atoms with van der Waals surface area (Å²) >= 11 is 0. The van der Waals surface area contributed by atoms with Crippen LogP contribution in [-0.4, -0.2) is 45.2 Å². The van der Waals surface area contributed by atoms with Gasteiger partial charge in [-0.1, -0.05) is 13.8 Å². The third-order valence-electron chi connectivity index (χ3n) is 4.17. The van der Waals surface area contributed by atoms with Crippen molar-refractivity contribution in [2.24, 2.45) is 0 Å². The normalized spacial score (nSPS) is 11.4. The molecule has 0 fully saturated rings. The molecule has 1 N–H and O–H groups in total. The number of carbonyl (C=O) groups excluding carboxylic acids is 1. The number of aryl methyl sites for hydroxylation is 1. The molecule has 0 saturated heterocycles. The zero-order chi connectivity index (χ0) is 17.8. The minimum Gasteiger partial charge on any atom is -0.449 e. The Morgan fingerprint density at radius 2 is 2.12 bits per heavy atom. The number of carbonyl (C=O) groups is 1. The van der Waals surface area contributed by atoms with Crippen LogP contribution in [0, 0.1) is 6.92 Å². The van der Waals surface area contributed by atoms with E-state index in [4.69, 9.17) is 4.42 Å². The Labute approximate surface area is 146 Å². The van der Waals surface area contributed by atoms with Crippen LogP contribution in [0.15, 0.2) is 35.0 Å². The smallest absolute Gasteiger partial charge is 0.291 e. The molecule has 0 aromatic carbocycles. The van der Waals surface area contributed by atoms with Crippen LogP contribution in [0.3, 0.4) is 0 Å². The Balaban J connectivity index is 1.64. The van der Waals surface area contributed by atoms with E-state index in [0.717, 1.165) is 31.9 Å². The van der Waals surface area contributed by atoms with Crippen molar-refractivity contribution in [3.63, 3.8) is 0 Å². The number of furan rings is 1. The van der Waals surface area contributed by atoms with Gasteiger partial charge in [0.1, 0.15) is 5.52 Å². The second-order valence-corrected chi connectivity index (χ2v) is 5.92. The molecule has 0 spiro atoms. The van der Waals surface area contributed by atoms with Crippen LogP contribution in [0.1, 0.15) is 30.1 Å². The summed E-state index contributed by atoms with van der Waals surface area (Å²) in [5.74, 6) is -0.0667. The van der Waals surface area contributed by atoms with Crippen molar-refractivity contribution in [3.8, 4) is 0 Å². The van der Waals surface area contributed by atoms with Crippen LogP contribution in [0.4, 0.5) is 5.69 Å². The number of hydrogen-bond acceptors (Lipinski definition) is 5. The van der Waals surface area contributed by atoms with Crippen molar-refractivity contribution in [3.05, 3.63) is 42.0 Å². The van der Waals surface area contributed by atoms with Crippen molar-refractivity contribution in [1.29, 1.82) is 0 Å². The fraction of sp³-hybridized carbons (Fsp3) is 0.389. The molecule has 0 bridgehead atoms. The number of amides is 1. The molecule has 3 heterocycles. The third kappa shape index (κ3) is 4.06.